The molecule has 30 heavy (non-hydrogen) atoms. The first kappa shape index (κ1) is 21.6. The maximum atomic E-state index is 12.8. The molecule has 0 spiro atoms. The molecule has 2 aliphatic heterocycles. The molecule has 1 saturated carbocycles. The Morgan fingerprint density at radius 1 is 0.967 bits per heavy atom. The zero-order valence-electron chi connectivity index (χ0n) is 18.0. The van der Waals surface area contributed by atoms with E-state index in [1.54, 1.807) is 13.0 Å². The van der Waals surface area contributed by atoms with Crippen molar-refractivity contribution in [3.05, 3.63) is 28.8 Å². The van der Waals surface area contributed by atoms with Crippen LogP contribution in [-0.2, 0) is 4.79 Å². The van der Waals surface area contributed by atoms with Crippen LogP contribution in [-0.4, -0.2) is 91.3 Å². The van der Waals surface area contributed by atoms with Crippen molar-refractivity contribution in [3.8, 4) is 0 Å². The largest absolute Gasteiger partial charge is 0.368 e. The topological polar surface area (TPSA) is 47.1 Å². The van der Waals surface area contributed by atoms with Crippen LogP contribution >= 0.6 is 11.6 Å². The molecular weight excluding hydrogens is 400 g/mol. The second kappa shape index (κ2) is 9.67. The number of amides is 1. The Labute approximate surface area is 184 Å². The van der Waals surface area contributed by atoms with E-state index >= 15 is 0 Å². The Kier molecular flexibility index (Phi) is 6.96. The van der Waals surface area contributed by atoms with E-state index in [2.05, 4.69) is 19.6 Å². The molecule has 2 heterocycles. The normalized spacial score (nSPS) is 21.9. The lowest BCUT2D eigenvalue weighted by atomic mass is 10.1. The van der Waals surface area contributed by atoms with E-state index in [0.717, 1.165) is 64.1 Å². The van der Waals surface area contributed by atoms with E-state index in [1.165, 1.54) is 25.7 Å². The van der Waals surface area contributed by atoms with Crippen LogP contribution in [0.5, 0.6) is 0 Å². The summed E-state index contributed by atoms with van der Waals surface area (Å²) in [6, 6.07) is 6.28. The van der Waals surface area contributed by atoms with Crippen LogP contribution in [0, 0.1) is 0 Å². The highest BCUT2D eigenvalue weighted by atomic mass is 35.5. The second-order valence-corrected chi connectivity index (χ2v) is 9.25. The number of rotatable bonds is 5. The minimum Gasteiger partial charge on any atom is -0.368 e. The van der Waals surface area contributed by atoms with E-state index in [1.807, 2.05) is 12.1 Å². The lowest BCUT2D eigenvalue weighted by Gasteiger charge is -2.40. The van der Waals surface area contributed by atoms with Crippen LogP contribution in [0.2, 0.25) is 5.02 Å². The summed E-state index contributed by atoms with van der Waals surface area (Å²) in [5.74, 6) is 0.286. The van der Waals surface area contributed by atoms with Crippen molar-refractivity contribution < 1.29 is 9.59 Å². The fraction of sp³-hybridized carbons (Fsp3) is 0.652. The van der Waals surface area contributed by atoms with Crippen molar-refractivity contribution >= 4 is 29.0 Å². The second-order valence-electron chi connectivity index (χ2n) is 8.84. The number of benzene rings is 1. The van der Waals surface area contributed by atoms with E-state index < -0.39 is 0 Å². The number of anilines is 1. The number of nitrogens with zero attached hydrogens (tertiary/aromatic N) is 4. The van der Waals surface area contributed by atoms with Gasteiger partial charge in [-0.05, 0) is 38.0 Å². The fourth-order valence-electron chi connectivity index (χ4n) is 5.03. The first-order chi connectivity index (χ1) is 14.5. The van der Waals surface area contributed by atoms with E-state index in [4.69, 9.17) is 11.6 Å². The molecule has 164 valence electrons. The molecule has 3 aliphatic rings. The molecule has 1 aromatic rings. The lowest BCUT2D eigenvalue weighted by Crippen LogP contribution is -2.55. The molecule has 0 bridgehead atoms. The summed E-state index contributed by atoms with van der Waals surface area (Å²) >= 11 is 6.42. The van der Waals surface area contributed by atoms with Crippen molar-refractivity contribution in [3.63, 3.8) is 0 Å². The molecule has 4 rings (SSSR count). The highest BCUT2D eigenvalue weighted by molar-refractivity contribution is 6.33. The van der Waals surface area contributed by atoms with Crippen molar-refractivity contribution in [2.45, 2.75) is 38.6 Å². The van der Waals surface area contributed by atoms with Gasteiger partial charge in [0.2, 0.25) is 5.91 Å². The van der Waals surface area contributed by atoms with Crippen LogP contribution < -0.4 is 4.90 Å². The number of halogens is 1. The number of hydrogen-bond acceptors (Lipinski definition) is 5. The standard InChI is InChI=1S/C23H33ClN4O2/c1-18(29)19-6-7-22(21(24)16-19)27-10-8-25(9-11-27)17-23(30)28-14-12-26(13-15-28)20-4-2-3-5-20/h6-7,16,20H,2-5,8-15,17H2,1H3. The molecule has 0 atom stereocenters. The minimum atomic E-state index is 0.0239. The van der Waals surface area contributed by atoms with Crippen molar-refractivity contribution in [1.82, 2.24) is 14.7 Å². The Balaban J connectivity index is 1.23. The molecule has 0 aromatic heterocycles. The number of carbonyl (C=O) groups excluding carboxylic acids is 2. The van der Waals surface area contributed by atoms with Crippen molar-refractivity contribution in [2.24, 2.45) is 0 Å². The number of Topliss-reactive ketones (excluding diaryl/α,β-unsaturated/α-hetero) is 1. The Morgan fingerprint density at radius 3 is 2.23 bits per heavy atom. The average Bonchev–Trinajstić information content (AvgIpc) is 3.29. The lowest BCUT2D eigenvalue weighted by molar-refractivity contribution is -0.134. The quantitative estimate of drug-likeness (QED) is 0.669. The molecule has 7 heteroatoms. The predicted octanol–water partition coefficient (Wildman–Crippen LogP) is 2.75. The molecule has 2 saturated heterocycles. The van der Waals surface area contributed by atoms with Gasteiger partial charge in [0.15, 0.2) is 5.78 Å². The van der Waals surface area contributed by atoms with Crippen LogP contribution in [0.4, 0.5) is 5.69 Å². The fourth-order valence-corrected chi connectivity index (χ4v) is 5.33. The molecule has 3 fully saturated rings. The van der Waals surface area contributed by atoms with Gasteiger partial charge in [-0.2, -0.15) is 0 Å². The van der Waals surface area contributed by atoms with Crippen LogP contribution in [0.25, 0.3) is 0 Å². The van der Waals surface area contributed by atoms with Gasteiger partial charge in [-0.15, -0.1) is 0 Å². The Hall–Kier alpha value is -1.63. The van der Waals surface area contributed by atoms with E-state index in [9.17, 15) is 9.59 Å². The van der Waals surface area contributed by atoms with Crippen molar-refractivity contribution in [1.29, 1.82) is 0 Å². The summed E-state index contributed by atoms with van der Waals surface area (Å²) in [5.41, 5.74) is 1.61. The van der Waals surface area contributed by atoms with Crippen LogP contribution in [0.1, 0.15) is 43.0 Å². The van der Waals surface area contributed by atoms with Crippen molar-refractivity contribution in [2.75, 3.05) is 63.8 Å². The highest BCUT2D eigenvalue weighted by Gasteiger charge is 2.29. The predicted molar refractivity (Wildman–Crippen MR) is 121 cm³/mol. The van der Waals surface area contributed by atoms with E-state index in [-0.39, 0.29) is 11.7 Å². The van der Waals surface area contributed by atoms with Gasteiger partial charge in [-0.25, -0.2) is 0 Å². The van der Waals surface area contributed by atoms with Gasteiger partial charge in [-0.1, -0.05) is 24.4 Å². The third-order valence-corrected chi connectivity index (χ3v) is 7.24. The zero-order chi connectivity index (χ0) is 21.1. The summed E-state index contributed by atoms with van der Waals surface area (Å²) in [6.45, 7) is 9.21. The summed E-state index contributed by atoms with van der Waals surface area (Å²) in [5, 5.41) is 0.618. The Bertz CT molecular complexity index is 764. The average molecular weight is 433 g/mol. The molecule has 0 unspecified atom stereocenters. The summed E-state index contributed by atoms with van der Waals surface area (Å²) < 4.78 is 0. The molecule has 1 aliphatic carbocycles. The number of piperazine rings is 2. The number of carbonyl (C=O) groups is 2. The third-order valence-electron chi connectivity index (χ3n) is 6.93. The van der Waals surface area contributed by atoms with Crippen LogP contribution in [0.15, 0.2) is 18.2 Å². The van der Waals surface area contributed by atoms with Crippen LogP contribution in [0.3, 0.4) is 0 Å². The maximum Gasteiger partial charge on any atom is 0.236 e. The summed E-state index contributed by atoms with van der Waals surface area (Å²) in [6.07, 6.45) is 5.39. The van der Waals surface area contributed by atoms with Gasteiger partial charge < -0.3 is 9.80 Å². The third kappa shape index (κ3) is 4.98. The SMILES string of the molecule is CC(=O)c1ccc(N2CCN(CC(=O)N3CCN(C4CCCC4)CC3)CC2)c(Cl)c1. The summed E-state index contributed by atoms with van der Waals surface area (Å²) in [7, 11) is 0. The van der Waals surface area contributed by atoms with E-state index in [0.29, 0.717) is 17.1 Å². The smallest absolute Gasteiger partial charge is 0.236 e. The molecular formula is C23H33ClN4O2. The molecule has 6 nitrogen and oxygen atoms in total. The monoisotopic (exact) mass is 432 g/mol. The van der Waals surface area contributed by atoms with Gasteiger partial charge >= 0.3 is 0 Å². The number of ketones is 1. The van der Waals surface area contributed by atoms with Gasteiger partial charge in [0.1, 0.15) is 0 Å². The molecule has 1 amide bonds. The first-order valence-corrected chi connectivity index (χ1v) is 11.7. The highest BCUT2D eigenvalue weighted by Crippen LogP contribution is 2.28. The molecule has 0 N–H and O–H groups in total. The first-order valence-electron chi connectivity index (χ1n) is 11.3. The molecule has 0 radical (unpaired) electrons. The zero-order valence-corrected chi connectivity index (χ0v) is 18.7. The summed E-state index contributed by atoms with van der Waals surface area (Å²) in [4.78, 5) is 33.5. The van der Waals surface area contributed by atoms with Gasteiger partial charge in [0, 0.05) is 64.0 Å². The minimum absolute atomic E-state index is 0.0239. The van der Waals surface area contributed by atoms with Gasteiger partial charge in [0.05, 0.1) is 17.3 Å². The van der Waals surface area contributed by atoms with Gasteiger partial charge in [-0.3, -0.25) is 19.4 Å². The number of hydrogen-bond donors (Lipinski definition) is 0. The maximum absolute atomic E-state index is 12.8. The Morgan fingerprint density at radius 2 is 1.63 bits per heavy atom. The van der Waals surface area contributed by atoms with Gasteiger partial charge in [0.25, 0.3) is 0 Å². The molecule has 1 aromatic carbocycles.